The van der Waals surface area contributed by atoms with Gasteiger partial charge in [-0.2, -0.15) is 0 Å². The van der Waals surface area contributed by atoms with Crippen molar-refractivity contribution in [1.29, 1.82) is 0 Å². The van der Waals surface area contributed by atoms with Crippen LogP contribution in [0.2, 0.25) is 0 Å². The maximum absolute atomic E-state index is 5.34. The van der Waals surface area contributed by atoms with Gasteiger partial charge in [0.25, 0.3) is 0 Å². The lowest BCUT2D eigenvalue weighted by atomic mass is 10.1. The SMILES string of the molecule is C#Cc1ccc(C2OCCO2)cc1. The van der Waals surface area contributed by atoms with Gasteiger partial charge in [0, 0.05) is 11.1 Å². The van der Waals surface area contributed by atoms with Gasteiger partial charge in [-0.15, -0.1) is 6.42 Å². The Morgan fingerprint density at radius 2 is 1.77 bits per heavy atom. The monoisotopic (exact) mass is 174 g/mol. The summed E-state index contributed by atoms with van der Waals surface area (Å²) < 4.78 is 10.7. The highest BCUT2D eigenvalue weighted by atomic mass is 16.7. The van der Waals surface area contributed by atoms with E-state index in [9.17, 15) is 0 Å². The van der Waals surface area contributed by atoms with Crippen LogP contribution < -0.4 is 0 Å². The summed E-state index contributed by atoms with van der Waals surface area (Å²) in [6, 6.07) is 7.65. The molecule has 0 spiro atoms. The van der Waals surface area contributed by atoms with Crippen molar-refractivity contribution < 1.29 is 9.47 Å². The van der Waals surface area contributed by atoms with Crippen LogP contribution in [0.15, 0.2) is 24.3 Å². The van der Waals surface area contributed by atoms with E-state index < -0.39 is 0 Å². The Morgan fingerprint density at radius 1 is 1.15 bits per heavy atom. The van der Waals surface area contributed by atoms with Crippen LogP contribution in [-0.2, 0) is 9.47 Å². The summed E-state index contributed by atoms with van der Waals surface area (Å²) in [6.07, 6.45) is 5.04. The summed E-state index contributed by atoms with van der Waals surface area (Å²) in [5.41, 5.74) is 1.90. The third-order valence-electron chi connectivity index (χ3n) is 1.97. The number of benzene rings is 1. The second kappa shape index (κ2) is 3.61. The fraction of sp³-hybridized carbons (Fsp3) is 0.273. The average Bonchev–Trinajstić information content (AvgIpc) is 2.71. The topological polar surface area (TPSA) is 18.5 Å². The summed E-state index contributed by atoms with van der Waals surface area (Å²) in [7, 11) is 0. The quantitative estimate of drug-likeness (QED) is 0.603. The summed E-state index contributed by atoms with van der Waals surface area (Å²) in [5.74, 6) is 2.56. The van der Waals surface area contributed by atoms with E-state index >= 15 is 0 Å². The normalized spacial score (nSPS) is 17.2. The van der Waals surface area contributed by atoms with Gasteiger partial charge in [0.1, 0.15) is 0 Å². The molecule has 2 rings (SSSR count). The predicted octanol–water partition coefficient (Wildman–Crippen LogP) is 1.71. The van der Waals surface area contributed by atoms with Gasteiger partial charge in [0.15, 0.2) is 6.29 Å². The van der Waals surface area contributed by atoms with Crippen LogP contribution in [0, 0.1) is 12.3 Å². The molecule has 0 unspecified atom stereocenters. The van der Waals surface area contributed by atoms with Crippen LogP contribution in [-0.4, -0.2) is 13.2 Å². The average molecular weight is 174 g/mol. The van der Waals surface area contributed by atoms with E-state index in [0.717, 1.165) is 11.1 Å². The summed E-state index contributed by atoms with van der Waals surface area (Å²) >= 11 is 0. The molecule has 66 valence electrons. The molecule has 0 atom stereocenters. The molecule has 2 heteroatoms. The van der Waals surface area contributed by atoms with Crippen molar-refractivity contribution in [2.75, 3.05) is 13.2 Å². The smallest absolute Gasteiger partial charge is 0.184 e. The number of rotatable bonds is 1. The summed E-state index contributed by atoms with van der Waals surface area (Å²) in [5, 5.41) is 0. The van der Waals surface area contributed by atoms with Crippen molar-refractivity contribution in [3.8, 4) is 12.3 Å². The number of terminal acetylenes is 1. The lowest BCUT2D eigenvalue weighted by molar-refractivity contribution is -0.0441. The highest BCUT2D eigenvalue weighted by molar-refractivity contribution is 5.34. The van der Waals surface area contributed by atoms with Gasteiger partial charge in [-0.1, -0.05) is 18.1 Å². The maximum Gasteiger partial charge on any atom is 0.184 e. The molecule has 0 N–H and O–H groups in total. The van der Waals surface area contributed by atoms with Crippen molar-refractivity contribution in [3.63, 3.8) is 0 Å². The molecule has 1 heterocycles. The molecule has 1 aliphatic rings. The fourth-order valence-corrected chi connectivity index (χ4v) is 1.29. The van der Waals surface area contributed by atoms with Crippen molar-refractivity contribution in [2.45, 2.75) is 6.29 Å². The van der Waals surface area contributed by atoms with Gasteiger partial charge in [0.2, 0.25) is 0 Å². The van der Waals surface area contributed by atoms with E-state index in [1.165, 1.54) is 0 Å². The van der Waals surface area contributed by atoms with Gasteiger partial charge in [0.05, 0.1) is 13.2 Å². The molecule has 0 radical (unpaired) electrons. The van der Waals surface area contributed by atoms with Crippen LogP contribution in [0.5, 0.6) is 0 Å². The number of hydrogen-bond donors (Lipinski definition) is 0. The molecular weight excluding hydrogens is 164 g/mol. The molecule has 1 aromatic carbocycles. The van der Waals surface area contributed by atoms with Crippen LogP contribution in [0.25, 0.3) is 0 Å². The molecule has 0 aromatic heterocycles. The Labute approximate surface area is 77.5 Å². The molecule has 1 saturated heterocycles. The van der Waals surface area contributed by atoms with Gasteiger partial charge < -0.3 is 9.47 Å². The van der Waals surface area contributed by atoms with Crippen molar-refractivity contribution in [2.24, 2.45) is 0 Å². The molecule has 0 bridgehead atoms. The van der Waals surface area contributed by atoms with Crippen molar-refractivity contribution in [3.05, 3.63) is 35.4 Å². The second-order valence-corrected chi connectivity index (χ2v) is 2.84. The highest BCUT2D eigenvalue weighted by Crippen LogP contribution is 2.22. The molecule has 1 aliphatic heterocycles. The lowest BCUT2D eigenvalue weighted by Gasteiger charge is -2.08. The standard InChI is InChI=1S/C11H10O2/c1-2-9-3-5-10(6-4-9)11-12-7-8-13-11/h1,3-6,11H,7-8H2. The van der Waals surface area contributed by atoms with E-state index in [-0.39, 0.29) is 6.29 Å². The first-order chi connectivity index (χ1) is 6.40. The zero-order valence-corrected chi connectivity index (χ0v) is 7.19. The molecule has 0 aliphatic carbocycles. The van der Waals surface area contributed by atoms with Crippen molar-refractivity contribution in [1.82, 2.24) is 0 Å². The Morgan fingerprint density at radius 3 is 2.31 bits per heavy atom. The highest BCUT2D eigenvalue weighted by Gasteiger charge is 2.17. The summed E-state index contributed by atoms with van der Waals surface area (Å²) in [6.45, 7) is 1.34. The van der Waals surface area contributed by atoms with Crippen molar-refractivity contribution >= 4 is 0 Å². The Balaban J connectivity index is 2.18. The molecule has 2 nitrogen and oxygen atoms in total. The minimum absolute atomic E-state index is 0.202. The largest absolute Gasteiger partial charge is 0.346 e. The van der Waals surface area contributed by atoms with E-state index in [4.69, 9.17) is 15.9 Å². The zero-order chi connectivity index (χ0) is 9.10. The lowest BCUT2D eigenvalue weighted by Crippen LogP contribution is -1.97. The number of ether oxygens (including phenoxy) is 2. The predicted molar refractivity (Wildman–Crippen MR) is 49.0 cm³/mol. The minimum atomic E-state index is -0.202. The van der Waals surface area contributed by atoms with Crippen LogP contribution in [0.1, 0.15) is 17.4 Å². The third-order valence-corrected chi connectivity index (χ3v) is 1.97. The third kappa shape index (κ3) is 1.72. The molecule has 0 amide bonds. The number of hydrogen-bond acceptors (Lipinski definition) is 2. The van der Waals surface area contributed by atoms with Gasteiger partial charge in [-0.25, -0.2) is 0 Å². The minimum Gasteiger partial charge on any atom is -0.346 e. The fourth-order valence-electron chi connectivity index (χ4n) is 1.29. The Bertz CT molecular complexity index is 315. The maximum atomic E-state index is 5.34. The van der Waals surface area contributed by atoms with E-state index in [1.54, 1.807) is 0 Å². The first-order valence-electron chi connectivity index (χ1n) is 4.20. The van der Waals surface area contributed by atoms with E-state index in [1.807, 2.05) is 24.3 Å². The second-order valence-electron chi connectivity index (χ2n) is 2.84. The molecule has 1 aromatic rings. The molecule has 13 heavy (non-hydrogen) atoms. The van der Waals surface area contributed by atoms with Gasteiger partial charge in [-0.05, 0) is 12.1 Å². The van der Waals surface area contributed by atoms with E-state index in [0.29, 0.717) is 13.2 Å². The first-order valence-corrected chi connectivity index (χ1v) is 4.20. The summed E-state index contributed by atoms with van der Waals surface area (Å²) in [4.78, 5) is 0. The molecule has 1 fully saturated rings. The van der Waals surface area contributed by atoms with Crippen LogP contribution in [0.3, 0.4) is 0 Å². The Kier molecular flexibility index (Phi) is 2.31. The van der Waals surface area contributed by atoms with E-state index in [2.05, 4.69) is 5.92 Å². The van der Waals surface area contributed by atoms with Crippen LogP contribution >= 0.6 is 0 Å². The van der Waals surface area contributed by atoms with Gasteiger partial charge in [-0.3, -0.25) is 0 Å². The molecule has 0 saturated carbocycles. The zero-order valence-electron chi connectivity index (χ0n) is 7.19. The van der Waals surface area contributed by atoms with Crippen LogP contribution in [0.4, 0.5) is 0 Å². The molecular formula is C11H10O2. The first kappa shape index (κ1) is 8.31. The Hall–Kier alpha value is -1.30. The van der Waals surface area contributed by atoms with Gasteiger partial charge >= 0.3 is 0 Å².